The highest BCUT2D eigenvalue weighted by Crippen LogP contribution is 2.25. The van der Waals surface area contributed by atoms with E-state index < -0.39 is 9.84 Å². The third-order valence-corrected chi connectivity index (χ3v) is 4.31. The standard InChI is InChI=1S/C11H25NO2S/c1-7-8-12-10(11(3,4)5)9(2)15(6,13)14/h9-10,12H,7-8H2,1-6H3. The highest BCUT2D eigenvalue weighted by atomic mass is 32.2. The van der Waals surface area contributed by atoms with Crippen molar-refractivity contribution >= 4 is 9.84 Å². The van der Waals surface area contributed by atoms with Gasteiger partial charge in [-0.1, -0.05) is 27.7 Å². The molecule has 0 amide bonds. The van der Waals surface area contributed by atoms with Crippen molar-refractivity contribution in [3.63, 3.8) is 0 Å². The number of hydrogen-bond acceptors (Lipinski definition) is 3. The van der Waals surface area contributed by atoms with Crippen molar-refractivity contribution in [2.45, 2.75) is 52.3 Å². The van der Waals surface area contributed by atoms with Gasteiger partial charge in [0.2, 0.25) is 0 Å². The van der Waals surface area contributed by atoms with Crippen LogP contribution in [0.4, 0.5) is 0 Å². The average Bonchev–Trinajstić information content (AvgIpc) is 2.00. The van der Waals surface area contributed by atoms with Gasteiger partial charge in [-0.25, -0.2) is 8.42 Å². The van der Waals surface area contributed by atoms with Crippen LogP contribution in [0, 0.1) is 5.41 Å². The van der Waals surface area contributed by atoms with Gasteiger partial charge in [0.05, 0.1) is 5.25 Å². The minimum Gasteiger partial charge on any atom is -0.312 e. The first kappa shape index (κ1) is 14.9. The molecule has 1 N–H and O–H groups in total. The van der Waals surface area contributed by atoms with Crippen LogP contribution in [0.2, 0.25) is 0 Å². The Morgan fingerprint density at radius 2 is 1.73 bits per heavy atom. The van der Waals surface area contributed by atoms with Crippen LogP contribution in [0.5, 0.6) is 0 Å². The normalized spacial score (nSPS) is 17.5. The second-order valence-electron chi connectivity index (χ2n) is 5.33. The third-order valence-electron chi connectivity index (χ3n) is 2.69. The van der Waals surface area contributed by atoms with Crippen LogP contribution >= 0.6 is 0 Å². The van der Waals surface area contributed by atoms with Gasteiger partial charge in [0.15, 0.2) is 9.84 Å². The fraction of sp³-hybridized carbons (Fsp3) is 1.00. The summed E-state index contributed by atoms with van der Waals surface area (Å²) in [7, 11) is -2.98. The van der Waals surface area contributed by atoms with Crippen LogP contribution in [-0.4, -0.2) is 32.5 Å². The molecule has 0 spiro atoms. The van der Waals surface area contributed by atoms with Gasteiger partial charge in [-0.15, -0.1) is 0 Å². The van der Waals surface area contributed by atoms with E-state index in [4.69, 9.17) is 0 Å². The summed E-state index contributed by atoms with van der Waals surface area (Å²) in [4.78, 5) is 0. The molecular formula is C11H25NO2S. The predicted molar refractivity (Wildman–Crippen MR) is 65.8 cm³/mol. The Bertz CT molecular complexity index is 277. The highest BCUT2D eigenvalue weighted by molar-refractivity contribution is 7.91. The van der Waals surface area contributed by atoms with Crippen LogP contribution < -0.4 is 5.32 Å². The summed E-state index contributed by atoms with van der Waals surface area (Å²) in [6.07, 6.45) is 2.33. The number of hydrogen-bond donors (Lipinski definition) is 1. The monoisotopic (exact) mass is 235 g/mol. The fourth-order valence-electron chi connectivity index (χ4n) is 1.72. The molecule has 0 saturated heterocycles. The average molecular weight is 235 g/mol. The Kier molecular flexibility index (Phi) is 5.27. The zero-order chi connectivity index (χ0) is 12.3. The van der Waals surface area contributed by atoms with E-state index in [9.17, 15) is 8.42 Å². The van der Waals surface area contributed by atoms with E-state index in [0.29, 0.717) is 0 Å². The van der Waals surface area contributed by atoms with Crippen LogP contribution in [0.25, 0.3) is 0 Å². The largest absolute Gasteiger partial charge is 0.312 e. The van der Waals surface area contributed by atoms with Crippen molar-refractivity contribution in [3.05, 3.63) is 0 Å². The lowest BCUT2D eigenvalue weighted by molar-refractivity contribution is 0.263. The molecule has 3 nitrogen and oxygen atoms in total. The second kappa shape index (κ2) is 5.30. The molecule has 0 aromatic rings. The Hall–Kier alpha value is -0.0900. The number of nitrogens with one attached hydrogen (secondary N) is 1. The lowest BCUT2D eigenvalue weighted by atomic mass is 9.85. The van der Waals surface area contributed by atoms with Crippen LogP contribution in [0.15, 0.2) is 0 Å². The smallest absolute Gasteiger partial charge is 0.151 e. The maximum atomic E-state index is 11.5. The van der Waals surface area contributed by atoms with Gasteiger partial charge in [-0.05, 0) is 25.3 Å². The molecule has 0 aliphatic heterocycles. The quantitative estimate of drug-likeness (QED) is 0.791. The SMILES string of the molecule is CCCNC(C(C)S(C)(=O)=O)C(C)(C)C. The molecule has 0 bridgehead atoms. The second-order valence-corrected chi connectivity index (χ2v) is 7.74. The van der Waals surface area contributed by atoms with Crippen LogP contribution in [-0.2, 0) is 9.84 Å². The molecule has 0 aromatic carbocycles. The molecule has 2 atom stereocenters. The highest BCUT2D eigenvalue weighted by Gasteiger charge is 2.34. The van der Waals surface area contributed by atoms with Gasteiger partial charge in [-0.2, -0.15) is 0 Å². The lowest BCUT2D eigenvalue weighted by Gasteiger charge is -2.35. The first-order chi connectivity index (χ1) is 6.60. The van der Waals surface area contributed by atoms with Gasteiger partial charge in [0.1, 0.15) is 0 Å². The van der Waals surface area contributed by atoms with Gasteiger partial charge >= 0.3 is 0 Å². The van der Waals surface area contributed by atoms with Gasteiger partial charge in [0.25, 0.3) is 0 Å². The van der Waals surface area contributed by atoms with Gasteiger partial charge in [0, 0.05) is 12.3 Å². The molecule has 0 aromatic heterocycles. The van der Waals surface area contributed by atoms with E-state index in [0.717, 1.165) is 13.0 Å². The first-order valence-corrected chi connectivity index (χ1v) is 7.48. The summed E-state index contributed by atoms with van der Waals surface area (Å²) in [5.41, 5.74) is -0.0440. The van der Waals surface area contributed by atoms with Crippen molar-refractivity contribution < 1.29 is 8.42 Å². The number of sulfone groups is 1. The maximum absolute atomic E-state index is 11.5. The summed E-state index contributed by atoms with van der Waals surface area (Å²) in [6.45, 7) is 10.9. The van der Waals surface area contributed by atoms with Crippen LogP contribution in [0.3, 0.4) is 0 Å². The predicted octanol–water partition coefficient (Wildman–Crippen LogP) is 1.83. The summed E-state index contributed by atoms with van der Waals surface area (Å²) >= 11 is 0. The summed E-state index contributed by atoms with van der Waals surface area (Å²) < 4.78 is 23.1. The molecule has 0 rings (SSSR count). The van der Waals surface area contributed by atoms with Gasteiger partial charge < -0.3 is 5.32 Å². The van der Waals surface area contributed by atoms with E-state index in [2.05, 4.69) is 33.0 Å². The van der Waals surface area contributed by atoms with Gasteiger partial charge in [-0.3, -0.25) is 0 Å². The van der Waals surface area contributed by atoms with Crippen molar-refractivity contribution in [2.75, 3.05) is 12.8 Å². The van der Waals surface area contributed by atoms with E-state index in [1.54, 1.807) is 6.92 Å². The van der Waals surface area contributed by atoms with Crippen molar-refractivity contribution in [1.82, 2.24) is 5.32 Å². The molecule has 0 radical (unpaired) electrons. The Morgan fingerprint density at radius 1 is 1.27 bits per heavy atom. The zero-order valence-electron chi connectivity index (χ0n) is 10.8. The van der Waals surface area contributed by atoms with E-state index in [-0.39, 0.29) is 16.7 Å². The molecule has 0 fully saturated rings. The number of rotatable bonds is 5. The zero-order valence-corrected chi connectivity index (χ0v) is 11.6. The lowest BCUT2D eigenvalue weighted by Crippen LogP contribution is -2.50. The molecule has 2 unspecified atom stereocenters. The van der Waals surface area contributed by atoms with Crippen LogP contribution in [0.1, 0.15) is 41.0 Å². The third kappa shape index (κ3) is 4.98. The maximum Gasteiger partial charge on any atom is 0.151 e. The molecular weight excluding hydrogens is 210 g/mol. The van der Waals surface area contributed by atoms with E-state index in [1.165, 1.54) is 6.26 Å². The summed E-state index contributed by atoms with van der Waals surface area (Å²) in [5.74, 6) is 0. The molecule has 92 valence electrons. The Labute approximate surface area is 94.6 Å². The Balaban J connectivity index is 4.79. The minimum atomic E-state index is -2.98. The molecule has 4 heteroatoms. The van der Waals surface area contributed by atoms with E-state index >= 15 is 0 Å². The van der Waals surface area contributed by atoms with Crippen molar-refractivity contribution in [1.29, 1.82) is 0 Å². The summed E-state index contributed by atoms with van der Waals surface area (Å²) in [5, 5.41) is 2.99. The van der Waals surface area contributed by atoms with Crippen molar-refractivity contribution in [3.8, 4) is 0 Å². The Morgan fingerprint density at radius 3 is 2.00 bits per heavy atom. The molecule has 0 saturated carbocycles. The topological polar surface area (TPSA) is 46.2 Å². The molecule has 0 heterocycles. The fourth-order valence-corrected chi connectivity index (χ4v) is 2.72. The molecule has 0 aliphatic rings. The van der Waals surface area contributed by atoms with E-state index in [1.807, 2.05) is 0 Å². The minimum absolute atomic E-state index is 0.00690. The first-order valence-electron chi connectivity index (χ1n) is 5.53. The van der Waals surface area contributed by atoms with Crippen molar-refractivity contribution in [2.24, 2.45) is 5.41 Å². The summed E-state index contributed by atoms with van der Waals surface area (Å²) in [6, 6.07) is 0.00690. The molecule has 15 heavy (non-hydrogen) atoms. The molecule has 0 aliphatic carbocycles.